The third kappa shape index (κ3) is 5.34. The molecule has 0 aromatic rings. The Kier molecular flexibility index (Phi) is 5.82. The second-order valence-electron chi connectivity index (χ2n) is 1.10. The zero-order valence-electron chi connectivity index (χ0n) is 4.29. The maximum atomic E-state index is 7.77. The van der Waals surface area contributed by atoms with Crippen molar-refractivity contribution in [3.8, 4) is 0 Å². The van der Waals surface area contributed by atoms with E-state index in [4.69, 9.17) is 17.1 Å². The van der Waals surface area contributed by atoms with Crippen LogP contribution in [0, 0.1) is 0 Å². The molecule has 0 aliphatic rings. The summed E-state index contributed by atoms with van der Waals surface area (Å²) in [6.07, 6.45) is 2.45. The quantitative estimate of drug-likeness (QED) is 0.245. The maximum Gasteiger partial charge on any atom is 0.0292 e. The lowest BCUT2D eigenvalue weighted by atomic mass is 10.4. The molecule has 3 nitrogen and oxygen atoms in total. The molecule has 0 aliphatic carbocycles. The summed E-state index contributed by atoms with van der Waals surface area (Å²) in [5.74, 6) is 0. The number of rotatable bonds is 3. The van der Waals surface area contributed by atoms with Crippen molar-refractivity contribution in [3.63, 3.8) is 0 Å². The first-order valence-corrected chi connectivity index (χ1v) is 2.61. The van der Waals surface area contributed by atoms with Gasteiger partial charge in [-0.25, -0.2) is 0 Å². The molecule has 0 spiro atoms. The predicted molar refractivity (Wildman–Crippen MR) is 33.6 cm³/mol. The van der Waals surface area contributed by atoms with Crippen LogP contribution in [-0.2, 0) is 0 Å². The largest absolute Gasteiger partial charge is 0.0937 e. The minimum atomic E-state index is 0.486. The van der Waals surface area contributed by atoms with Gasteiger partial charge in [-0.1, -0.05) is 22.8 Å². The first-order chi connectivity index (χ1) is 3.91. The standard InChI is InChI=1S/C4H6ClN3/c5-3-1-2-4-7-8-6/h1,3H,2,4H2. The van der Waals surface area contributed by atoms with Crippen LogP contribution in [0.25, 0.3) is 10.4 Å². The van der Waals surface area contributed by atoms with E-state index in [2.05, 4.69) is 10.0 Å². The van der Waals surface area contributed by atoms with Crippen molar-refractivity contribution in [2.45, 2.75) is 6.42 Å². The van der Waals surface area contributed by atoms with E-state index >= 15 is 0 Å². The molecule has 0 fully saturated rings. The molecule has 0 atom stereocenters. The molecule has 8 heavy (non-hydrogen) atoms. The van der Waals surface area contributed by atoms with Crippen molar-refractivity contribution in [1.29, 1.82) is 0 Å². The van der Waals surface area contributed by atoms with Gasteiger partial charge in [-0.3, -0.25) is 0 Å². The Morgan fingerprint density at radius 1 is 1.75 bits per heavy atom. The molecule has 0 rings (SSSR count). The van der Waals surface area contributed by atoms with Gasteiger partial charge in [0, 0.05) is 17.0 Å². The lowest BCUT2D eigenvalue weighted by molar-refractivity contribution is 0.994. The van der Waals surface area contributed by atoms with Crippen molar-refractivity contribution in [2.75, 3.05) is 6.54 Å². The number of nitrogens with zero attached hydrogens (tertiary/aromatic N) is 3. The Labute approximate surface area is 52.6 Å². The van der Waals surface area contributed by atoms with Crippen molar-refractivity contribution < 1.29 is 0 Å². The predicted octanol–water partition coefficient (Wildman–Crippen LogP) is 2.44. The minimum Gasteiger partial charge on any atom is -0.0937 e. The van der Waals surface area contributed by atoms with Crippen LogP contribution in [0.5, 0.6) is 0 Å². The van der Waals surface area contributed by atoms with Gasteiger partial charge in [0.15, 0.2) is 0 Å². The van der Waals surface area contributed by atoms with E-state index in [0.29, 0.717) is 13.0 Å². The van der Waals surface area contributed by atoms with E-state index in [0.717, 1.165) is 0 Å². The van der Waals surface area contributed by atoms with Gasteiger partial charge in [0.05, 0.1) is 0 Å². The third-order valence-corrected chi connectivity index (χ3v) is 0.726. The number of hydrogen-bond donors (Lipinski definition) is 0. The van der Waals surface area contributed by atoms with Crippen LogP contribution < -0.4 is 0 Å². The molecule has 0 saturated carbocycles. The molecule has 0 saturated heterocycles. The highest BCUT2D eigenvalue weighted by atomic mass is 35.5. The Balaban J connectivity index is 3.05. The average molecular weight is 132 g/mol. The SMILES string of the molecule is [N-]=[N+]=NCCC=CCl. The summed E-state index contributed by atoms with van der Waals surface area (Å²) in [4.78, 5) is 2.56. The number of halogens is 1. The van der Waals surface area contributed by atoms with Crippen LogP contribution in [-0.4, -0.2) is 6.54 Å². The highest BCUT2D eigenvalue weighted by Crippen LogP contribution is 1.85. The molecule has 0 heterocycles. The zero-order valence-corrected chi connectivity index (χ0v) is 5.04. The molecule has 0 unspecified atom stereocenters. The molecule has 44 valence electrons. The van der Waals surface area contributed by atoms with E-state index < -0.39 is 0 Å². The van der Waals surface area contributed by atoms with Gasteiger partial charge < -0.3 is 0 Å². The Hall–Kier alpha value is -0.660. The van der Waals surface area contributed by atoms with E-state index in [-0.39, 0.29) is 0 Å². The Morgan fingerprint density at radius 2 is 2.50 bits per heavy atom. The Bertz CT molecular complexity index is 114. The first-order valence-electron chi connectivity index (χ1n) is 2.18. The maximum absolute atomic E-state index is 7.77. The van der Waals surface area contributed by atoms with Gasteiger partial charge >= 0.3 is 0 Å². The van der Waals surface area contributed by atoms with E-state index in [1.807, 2.05) is 0 Å². The fraction of sp³-hybridized carbons (Fsp3) is 0.500. The van der Waals surface area contributed by atoms with Crippen LogP contribution in [0.1, 0.15) is 6.42 Å². The summed E-state index contributed by atoms with van der Waals surface area (Å²) >= 11 is 5.17. The highest BCUT2D eigenvalue weighted by molar-refractivity contribution is 6.25. The molecule has 0 amide bonds. The molecule has 0 radical (unpaired) electrons. The van der Waals surface area contributed by atoms with Crippen LogP contribution in [0.2, 0.25) is 0 Å². The fourth-order valence-electron chi connectivity index (χ4n) is 0.240. The molecular formula is C4H6ClN3. The molecule has 0 aromatic heterocycles. The smallest absolute Gasteiger partial charge is 0.0292 e. The fourth-order valence-corrected chi connectivity index (χ4v) is 0.366. The molecule has 0 bridgehead atoms. The van der Waals surface area contributed by atoms with Gasteiger partial charge in [-0.2, -0.15) is 0 Å². The van der Waals surface area contributed by atoms with E-state index in [9.17, 15) is 0 Å². The minimum absolute atomic E-state index is 0.486. The number of hydrogen-bond acceptors (Lipinski definition) is 1. The van der Waals surface area contributed by atoms with Gasteiger partial charge in [-0.15, -0.1) is 0 Å². The molecule has 0 N–H and O–H groups in total. The summed E-state index contributed by atoms with van der Waals surface area (Å²) in [7, 11) is 0. The summed E-state index contributed by atoms with van der Waals surface area (Å²) < 4.78 is 0. The van der Waals surface area contributed by atoms with Gasteiger partial charge in [0.25, 0.3) is 0 Å². The second-order valence-corrected chi connectivity index (χ2v) is 1.36. The van der Waals surface area contributed by atoms with E-state index in [1.54, 1.807) is 6.08 Å². The van der Waals surface area contributed by atoms with Crippen molar-refractivity contribution >= 4 is 11.6 Å². The topological polar surface area (TPSA) is 48.8 Å². The zero-order chi connectivity index (χ0) is 6.24. The van der Waals surface area contributed by atoms with Gasteiger partial charge in [0.1, 0.15) is 0 Å². The first kappa shape index (κ1) is 7.34. The summed E-state index contributed by atoms with van der Waals surface area (Å²) in [6.45, 7) is 0.486. The summed E-state index contributed by atoms with van der Waals surface area (Å²) in [6, 6.07) is 0. The van der Waals surface area contributed by atoms with Gasteiger partial charge in [-0.05, 0) is 12.0 Å². The molecule has 0 aromatic carbocycles. The highest BCUT2D eigenvalue weighted by Gasteiger charge is 1.72. The summed E-state index contributed by atoms with van der Waals surface area (Å²) in [5, 5.41) is 3.28. The normalized spacial score (nSPS) is 9.12. The Morgan fingerprint density at radius 3 is 3.00 bits per heavy atom. The van der Waals surface area contributed by atoms with Crippen LogP contribution in [0.15, 0.2) is 16.7 Å². The molecular weight excluding hydrogens is 126 g/mol. The van der Waals surface area contributed by atoms with Crippen molar-refractivity contribution in [1.82, 2.24) is 0 Å². The number of azide groups is 1. The summed E-state index contributed by atoms with van der Waals surface area (Å²) in [5.41, 5.74) is 9.18. The molecule has 0 aliphatic heterocycles. The monoisotopic (exact) mass is 131 g/mol. The average Bonchev–Trinajstić information content (AvgIpc) is 1.81. The van der Waals surface area contributed by atoms with Crippen molar-refractivity contribution in [2.24, 2.45) is 5.11 Å². The van der Waals surface area contributed by atoms with Gasteiger partial charge in [0.2, 0.25) is 0 Å². The van der Waals surface area contributed by atoms with E-state index in [1.165, 1.54) is 5.54 Å². The van der Waals surface area contributed by atoms with Crippen LogP contribution in [0.4, 0.5) is 0 Å². The lowest BCUT2D eigenvalue weighted by Gasteiger charge is -1.77. The third-order valence-electron chi connectivity index (χ3n) is 0.548. The molecule has 4 heteroatoms. The van der Waals surface area contributed by atoms with Crippen LogP contribution >= 0.6 is 11.6 Å². The van der Waals surface area contributed by atoms with Crippen LogP contribution in [0.3, 0.4) is 0 Å². The van der Waals surface area contributed by atoms with Crippen molar-refractivity contribution in [3.05, 3.63) is 22.1 Å². The second kappa shape index (κ2) is 6.34. The lowest BCUT2D eigenvalue weighted by Crippen LogP contribution is -1.69.